The smallest absolute Gasteiger partial charge is 0.357 e. The van der Waals surface area contributed by atoms with E-state index >= 15 is 0 Å². The third-order valence-electron chi connectivity index (χ3n) is 4.29. The molecule has 0 saturated heterocycles. The zero-order valence-electron chi connectivity index (χ0n) is 14.6. The number of halogens is 1. The number of fused-ring (bicyclic) bond motifs is 1. The maximum Gasteiger partial charge on any atom is 0.357 e. The second-order valence-corrected chi connectivity index (χ2v) is 6.63. The Kier molecular flexibility index (Phi) is 4.64. The van der Waals surface area contributed by atoms with Crippen LogP contribution in [0, 0.1) is 0 Å². The molecule has 1 N–H and O–H groups in total. The standard InChI is InChI=1S/C20H17ClN4O2/c1-13(27-20(26)16-9-10-22-24-16)19-23-17-11-15(21)7-8-18(17)25(19)12-14-5-3-2-4-6-14/h2-11,13H,12H2,1H3,(H,22,24)/t13-/m0/s1. The van der Waals surface area contributed by atoms with E-state index in [0.717, 1.165) is 16.6 Å². The Hall–Kier alpha value is -3.12. The van der Waals surface area contributed by atoms with Gasteiger partial charge in [-0.3, -0.25) is 5.10 Å². The lowest BCUT2D eigenvalue weighted by Crippen LogP contribution is -2.15. The van der Waals surface area contributed by atoms with Gasteiger partial charge in [0, 0.05) is 17.8 Å². The first-order chi connectivity index (χ1) is 13.1. The van der Waals surface area contributed by atoms with Crippen molar-refractivity contribution in [1.29, 1.82) is 0 Å². The molecule has 2 aromatic carbocycles. The minimum absolute atomic E-state index is 0.301. The predicted molar refractivity (Wildman–Crippen MR) is 103 cm³/mol. The number of esters is 1. The summed E-state index contributed by atoms with van der Waals surface area (Å²) in [6, 6.07) is 17.2. The summed E-state index contributed by atoms with van der Waals surface area (Å²) in [5, 5.41) is 7.00. The molecule has 4 rings (SSSR count). The quantitative estimate of drug-likeness (QED) is 0.521. The molecule has 0 bridgehead atoms. The average Bonchev–Trinajstić information content (AvgIpc) is 3.31. The fourth-order valence-electron chi connectivity index (χ4n) is 3.01. The number of H-pyrrole nitrogens is 1. The molecule has 27 heavy (non-hydrogen) atoms. The number of nitrogens with one attached hydrogen (secondary N) is 1. The molecule has 4 aromatic rings. The Morgan fingerprint density at radius 2 is 2.04 bits per heavy atom. The van der Waals surface area contributed by atoms with Crippen molar-refractivity contribution in [2.24, 2.45) is 0 Å². The molecule has 0 aliphatic rings. The lowest BCUT2D eigenvalue weighted by atomic mass is 10.2. The Labute approximate surface area is 160 Å². The largest absolute Gasteiger partial charge is 0.450 e. The molecule has 0 spiro atoms. The second-order valence-electron chi connectivity index (χ2n) is 6.19. The minimum Gasteiger partial charge on any atom is -0.450 e. The van der Waals surface area contributed by atoms with Gasteiger partial charge in [0.2, 0.25) is 0 Å². The number of nitrogens with zero attached hydrogens (tertiary/aromatic N) is 3. The van der Waals surface area contributed by atoms with E-state index in [-0.39, 0.29) is 0 Å². The lowest BCUT2D eigenvalue weighted by Gasteiger charge is -2.15. The van der Waals surface area contributed by atoms with Crippen LogP contribution in [0.25, 0.3) is 11.0 Å². The summed E-state index contributed by atoms with van der Waals surface area (Å²) in [4.78, 5) is 17.0. The van der Waals surface area contributed by atoms with Crippen LogP contribution >= 0.6 is 11.6 Å². The van der Waals surface area contributed by atoms with Crippen LogP contribution in [-0.4, -0.2) is 25.7 Å². The maximum atomic E-state index is 12.3. The fraction of sp³-hybridized carbons (Fsp3) is 0.150. The van der Waals surface area contributed by atoms with Crippen molar-refractivity contribution in [3.8, 4) is 0 Å². The van der Waals surface area contributed by atoms with Crippen molar-refractivity contribution >= 4 is 28.6 Å². The van der Waals surface area contributed by atoms with E-state index in [1.165, 1.54) is 6.20 Å². The van der Waals surface area contributed by atoms with Crippen molar-refractivity contribution in [2.75, 3.05) is 0 Å². The van der Waals surface area contributed by atoms with Crippen molar-refractivity contribution in [3.63, 3.8) is 0 Å². The molecule has 6 nitrogen and oxygen atoms in total. The summed E-state index contributed by atoms with van der Waals surface area (Å²) in [6.45, 7) is 2.42. The molecule has 1 atom stereocenters. The van der Waals surface area contributed by atoms with Crippen LogP contribution in [0.1, 0.15) is 34.9 Å². The van der Waals surface area contributed by atoms with Crippen molar-refractivity contribution in [3.05, 3.63) is 82.9 Å². The van der Waals surface area contributed by atoms with Crippen LogP contribution in [0.2, 0.25) is 5.02 Å². The summed E-state index contributed by atoms with van der Waals surface area (Å²) in [6.07, 6.45) is 0.962. The number of aromatic nitrogens is 4. The monoisotopic (exact) mass is 380 g/mol. The highest BCUT2D eigenvalue weighted by atomic mass is 35.5. The molecule has 0 amide bonds. The molecular formula is C20H17ClN4O2. The topological polar surface area (TPSA) is 72.8 Å². The van der Waals surface area contributed by atoms with Gasteiger partial charge in [-0.15, -0.1) is 0 Å². The number of aromatic amines is 1. The number of hydrogen-bond acceptors (Lipinski definition) is 4. The second kappa shape index (κ2) is 7.25. The molecule has 0 aliphatic heterocycles. The summed E-state index contributed by atoms with van der Waals surface area (Å²) in [5.74, 6) is 0.181. The number of rotatable bonds is 5. The van der Waals surface area contributed by atoms with Gasteiger partial charge < -0.3 is 9.30 Å². The zero-order chi connectivity index (χ0) is 18.8. The Balaban J connectivity index is 1.72. The minimum atomic E-state index is -0.546. The third kappa shape index (κ3) is 3.57. The first kappa shape index (κ1) is 17.3. The number of carbonyl (C=O) groups is 1. The van der Waals surface area contributed by atoms with Gasteiger partial charge in [-0.2, -0.15) is 5.10 Å². The van der Waals surface area contributed by atoms with Gasteiger partial charge in [0.15, 0.2) is 11.9 Å². The van der Waals surface area contributed by atoms with Crippen molar-refractivity contribution < 1.29 is 9.53 Å². The number of ether oxygens (including phenoxy) is 1. The lowest BCUT2D eigenvalue weighted by molar-refractivity contribution is 0.0307. The zero-order valence-corrected chi connectivity index (χ0v) is 15.3. The molecule has 0 saturated carbocycles. The molecule has 2 heterocycles. The molecule has 2 aromatic heterocycles. The third-order valence-corrected chi connectivity index (χ3v) is 4.53. The Morgan fingerprint density at radius 1 is 1.22 bits per heavy atom. The van der Waals surface area contributed by atoms with Crippen molar-refractivity contribution in [2.45, 2.75) is 19.6 Å². The predicted octanol–water partition coefficient (Wildman–Crippen LogP) is 4.38. The van der Waals surface area contributed by atoms with Gasteiger partial charge in [-0.1, -0.05) is 41.9 Å². The molecule has 0 unspecified atom stereocenters. The fourth-order valence-corrected chi connectivity index (χ4v) is 3.18. The van der Waals surface area contributed by atoms with Crippen LogP contribution in [0.4, 0.5) is 0 Å². The van der Waals surface area contributed by atoms with Crippen LogP contribution in [0.3, 0.4) is 0 Å². The van der Waals surface area contributed by atoms with Crippen LogP contribution in [-0.2, 0) is 11.3 Å². The van der Waals surface area contributed by atoms with Gasteiger partial charge in [0.1, 0.15) is 5.69 Å². The molecule has 0 radical (unpaired) electrons. The van der Waals surface area contributed by atoms with E-state index in [1.54, 1.807) is 13.0 Å². The first-order valence-electron chi connectivity index (χ1n) is 8.52. The number of imidazole rings is 1. The van der Waals surface area contributed by atoms with E-state index in [0.29, 0.717) is 23.1 Å². The summed E-state index contributed by atoms with van der Waals surface area (Å²) < 4.78 is 7.64. The summed E-state index contributed by atoms with van der Waals surface area (Å²) >= 11 is 6.13. The van der Waals surface area contributed by atoms with E-state index in [2.05, 4.69) is 15.2 Å². The normalized spacial score (nSPS) is 12.2. The van der Waals surface area contributed by atoms with E-state index < -0.39 is 12.1 Å². The van der Waals surface area contributed by atoms with Gasteiger partial charge in [-0.05, 0) is 36.8 Å². The average molecular weight is 381 g/mol. The summed E-state index contributed by atoms with van der Waals surface area (Å²) in [5.41, 5.74) is 3.12. The molecular weight excluding hydrogens is 364 g/mol. The van der Waals surface area contributed by atoms with Crippen LogP contribution in [0.5, 0.6) is 0 Å². The number of hydrogen-bond donors (Lipinski definition) is 1. The maximum absolute atomic E-state index is 12.3. The highest BCUT2D eigenvalue weighted by Crippen LogP contribution is 2.27. The van der Waals surface area contributed by atoms with Gasteiger partial charge in [0.25, 0.3) is 0 Å². The van der Waals surface area contributed by atoms with Crippen molar-refractivity contribution in [1.82, 2.24) is 19.7 Å². The van der Waals surface area contributed by atoms with E-state index in [4.69, 9.17) is 16.3 Å². The molecule has 0 fully saturated rings. The van der Waals surface area contributed by atoms with E-state index in [9.17, 15) is 4.79 Å². The number of benzene rings is 2. The molecule has 7 heteroatoms. The van der Waals surface area contributed by atoms with Gasteiger partial charge in [0.05, 0.1) is 11.0 Å². The Morgan fingerprint density at radius 3 is 2.78 bits per heavy atom. The first-order valence-corrected chi connectivity index (χ1v) is 8.89. The van der Waals surface area contributed by atoms with Gasteiger partial charge >= 0.3 is 5.97 Å². The van der Waals surface area contributed by atoms with Crippen LogP contribution in [0.15, 0.2) is 60.8 Å². The van der Waals surface area contributed by atoms with Gasteiger partial charge in [-0.25, -0.2) is 9.78 Å². The molecule has 136 valence electrons. The Bertz CT molecular complexity index is 1070. The van der Waals surface area contributed by atoms with E-state index in [1.807, 2.05) is 53.1 Å². The number of carbonyl (C=O) groups excluding carboxylic acids is 1. The molecule has 0 aliphatic carbocycles. The highest BCUT2D eigenvalue weighted by molar-refractivity contribution is 6.31. The van der Waals surface area contributed by atoms with Crippen LogP contribution < -0.4 is 0 Å². The SMILES string of the molecule is C[C@H](OC(=O)c1ccn[nH]1)c1nc2cc(Cl)ccc2n1Cc1ccccc1. The highest BCUT2D eigenvalue weighted by Gasteiger charge is 2.21. The summed E-state index contributed by atoms with van der Waals surface area (Å²) in [7, 11) is 0.